The highest BCUT2D eigenvalue weighted by Gasteiger charge is 2.36. The summed E-state index contributed by atoms with van der Waals surface area (Å²) in [6.45, 7) is 2.14. The Morgan fingerprint density at radius 2 is 1.86 bits per heavy atom. The first-order valence-corrected chi connectivity index (χ1v) is 10.4. The van der Waals surface area contributed by atoms with E-state index in [1.807, 2.05) is 28.9 Å². The summed E-state index contributed by atoms with van der Waals surface area (Å²) in [7, 11) is 0. The summed E-state index contributed by atoms with van der Waals surface area (Å²) in [6.07, 6.45) is 3.28. The molecule has 0 saturated heterocycles. The topological polar surface area (TPSA) is 59.8 Å². The van der Waals surface area contributed by atoms with Gasteiger partial charge in [-0.25, -0.2) is 4.68 Å². The fraction of sp³-hybridized carbons (Fsp3) is 0.261. The third-order valence-corrected chi connectivity index (χ3v) is 5.93. The average Bonchev–Trinajstić information content (AvgIpc) is 3.17. The number of hydrogen-bond acceptors (Lipinski definition) is 4. The third kappa shape index (κ3) is 3.15. The summed E-state index contributed by atoms with van der Waals surface area (Å²) in [5, 5.41) is 8.84. The van der Waals surface area contributed by atoms with Crippen LogP contribution in [0.1, 0.15) is 43.4 Å². The summed E-state index contributed by atoms with van der Waals surface area (Å²) in [5.41, 5.74) is 5.02. The SMILES string of the molecule is CCc1ccc(C2C3=C(CCCC3=O)Nc3nc(-c4ccc(Cl)cc4)nn32)cc1. The molecule has 3 aromatic rings. The molecule has 6 heteroatoms. The minimum atomic E-state index is -0.256. The maximum Gasteiger partial charge on any atom is 0.226 e. The van der Waals surface area contributed by atoms with Gasteiger partial charge in [0.25, 0.3) is 0 Å². The molecule has 146 valence electrons. The number of fused-ring (bicyclic) bond motifs is 1. The van der Waals surface area contributed by atoms with Crippen LogP contribution in [0.3, 0.4) is 0 Å². The van der Waals surface area contributed by atoms with E-state index in [0.29, 0.717) is 23.2 Å². The molecular weight excluding hydrogens is 384 g/mol. The fourth-order valence-electron chi connectivity index (χ4n) is 4.12. The van der Waals surface area contributed by atoms with Crippen LogP contribution in [0.5, 0.6) is 0 Å². The van der Waals surface area contributed by atoms with Gasteiger partial charge in [-0.05, 0) is 54.7 Å². The van der Waals surface area contributed by atoms with Crippen molar-refractivity contribution in [1.82, 2.24) is 14.8 Å². The van der Waals surface area contributed by atoms with Crippen LogP contribution in [0.4, 0.5) is 5.95 Å². The minimum Gasteiger partial charge on any atom is -0.328 e. The quantitative estimate of drug-likeness (QED) is 0.653. The summed E-state index contributed by atoms with van der Waals surface area (Å²) in [6, 6.07) is 15.7. The zero-order valence-corrected chi connectivity index (χ0v) is 16.9. The molecule has 1 N–H and O–H groups in total. The third-order valence-electron chi connectivity index (χ3n) is 5.67. The number of Topliss-reactive ketones (excluding diaryl/α,β-unsaturated/α-hetero) is 1. The number of aromatic nitrogens is 3. The Morgan fingerprint density at radius 3 is 2.59 bits per heavy atom. The molecule has 0 amide bonds. The van der Waals surface area contributed by atoms with Crippen molar-refractivity contribution >= 4 is 23.3 Å². The molecule has 29 heavy (non-hydrogen) atoms. The van der Waals surface area contributed by atoms with Crippen molar-refractivity contribution in [2.24, 2.45) is 0 Å². The second-order valence-electron chi connectivity index (χ2n) is 7.50. The number of anilines is 1. The van der Waals surface area contributed by atoms with Gasteiger partial charge in [0, 0.05) is 28.3 Å². The van der Waals surface area contributed by atoms with Gasteiger partial charge < -0.3 is 5.32 Å². The Labute approximate surface area is 174 Å². The van der Waals surface area contributed by atoms with E-state index in [4.69, 9.17) is 21.7 Å². The average molecular weight is 405 g/mol. The highest BCUT2D eigenvalue weighted by molar-refractivity contribution is 6.30. The maximum absolute atomic E-state index is 12.9. The van der Waals surface area contributed by atoms with Gasteiger partial charge in [-0.3, -0.25) is 4.79 Å². The van der Waals surface area contributed by atoms with Crippen molar-refractivity contribution in [1.29, 1.82) is 0 Å². The molecule has 5 nitrogen and oxygen atoms in total. The lowest BCUT2D eigenvalue weighted by atomic mass is 9.85. The van der Waals surface area contributed by atoms with Crippen molar-refractivity contribution in [3.63, 3.8) is 0 Å². The van der Waals surface area contributed by atoms with Crippen LogP contribution in [0.15, 0.2) is 59.8 Å². The predicted molar refractivity (Wildman–Crippen MR) is 114 cm³/mol. The molecule has 0 bridgehead atoms. The molecule has 0 fully saturated rings. The molecule has 1 atom stereocenters. The van der Waals surface area contributed by atoms with Crippen LogP contribution in [0.25, 0.3) is 11.4 Å². The second-order valence-corrected chi connectivity index (χ2v) is 7.94. The number of rotatable bonds is 3. The van der Waals surface area contributed by atoms with E-state index in [1.54, 1.807) is 0 Å². The molecule has 1 unspecified atom stereocenters. The van der Waals surface area contributed by atoms with Crippen LogP contribution < -0.4 is 5.32 Å². The normalized spacial score (nSPS) is 18.3. The van der Waals surface area contributed by atoms with Gasteiger partial charge in [0.1, 0.15) is 6.04 Å². The minimum absolute atomic E-state index is 0.192. The number of ketones is 1. The lowest BCUT2D eigenvalue weighted by Crippen LogP contribution is -2.31. The van der Waals surface area contributed by atoms with Gasteiger partial charge in [-0.15, -0.1) is 5.10 Å². The molecule has 5 rings (SSSR count). The van der Waals surface area contributed by atoms with Crippen LogP contribution in [0.2, 0.25) is 5.02 Å². The monoisotopic (exact) mass is 404 g/mol. The van der Waals surface area contributed by atoms with Crippen molar-refractivity contribution in [3.05, 3.63) is 76.0 Å². The molecule has 2 heterocycles. The number of allylic oxidation sites excluding steroid dienone is 2. The fourth-order valence-corrected chi connectivity index (χ4v) is 4.25. The molecule has 1 aliphatic carbocycles. The van der Waals surface area contributed by atoms with E-state index in [1.165, 1.54) is 5.56 Å². The van der Waals surface area contributed by atoms with Crippen molar-refractivity contribution in [2.45, 2.75) is 38.6 Å². The van der Waals surface area contributed by atoms with Gasteiger partial charge in [0.15, 0.2) is 11.6 Å². The van der Waals surface area contributed by atoms with E-state index in [9.17, 15) is 4.79 Å². The molecule has 0 spiro atoms. The molecule has 1 aromatic heterocycles. The van der Waals surface area contributed by atoms with E-state index >= 15 is 0 Å². The number of nitrogens with zero attached hydrogens (tertiary/aromatic N) is 3. The van der Waals surface area contributed by atoms with Gasteiger partial charge in [0.2, 0.25) is 5.95 Å². The molecular formula is C23H21ClN4O. The number of hydrogen-bond donors (Lipinski definition) is 1. The Bertz CT molecular complexity index is 1110. The second kappa shape index (κ2) is 7.16. The Hall–Kier alpha value is -2.92. The summed E-state index contributed by atoms with van der Waals surface area (Å²) in [5.74, 6) is 1.48. The molecule has 2 aliphatic rings. The zero-order chi connectivity index (χ0) is 20.0. The van der Waals surface area contributed by atoms with Crippen molar-refractivity contribution in [3.8, 4) is 11.4 Å². The lowest BCUT2D eigenvalue weighted by molar-refractivity contribution is -0.116. The van der Waals surface area contributed by atoms with Gasteiger partial charge in [0.05, 0.1) is 0 Å². The molecule has 0 saturated carbocycles. The van der Waals surface area contributed by atoms with Crippen molar-refractivity contribution in [2.75, 3.05) is 5.32 Å². The van der Waals surface area contributed by atoms with Gasteiger partial charge in [-0.1, -0.05) is 42.8 Å². The molecule has 1 aliphatic heterocycles. The summed E-state index contributed by atoms with van der Waals surface area (Å²) in [4.78, 5) is 17.6. The Kier molecular flexibility index (Phi) is 4.47. The highest BCUT2D eigenvalue weighted by atomic mass is 35.5. The van der Waals surface area contributed by atoms with Crippen LogP contribution in [-0.4, -0.2) is 20.5 Å². The van der Waals surface area contributed by atoms with E-state index in [-0.39, 0.29) is 11.8 Å². The number of halogens is 1. The van der Waals surface area contributed by atoms with Crippen molar-refractivity contribution < 1.29 is 4.79 Å². The van der Waals surface area contributed by atoms with E-state index in [2.05, 4.69) is 36.5 Å². The number of carbonyl (C=O) groups is 1. The first kappa shape index (κ1) is 18.1. The first-order chi connectivity index (χ1) is 14.1. The largest absolute Gasteiger partial charge is 0.328 e. The van der Waals surface area contributed by atoms with Crippen LogP contribution >= 0.6 is 11.6 Å². The summed E-state index contributed by atoms with van der Waals surface area (Å²) >= 11 is 6.02. The smallest absolute Gasteiger partial charge is 0.226 e. The number of nitrogens with one attached hydrogen (secondary N) is 1. The van der Waals surface area contributed by atoms with Crippen LogP contribution in [-0.2, 0) is 11.2 Å². The number of benzene rings is 2. The Balaban J connectivity index is 1.65. The summed E-state index contributed by atoms with van der Waals surface area (Å²) < 4.78 is 1.85. The van der Waals surface area contributed by atoms with E-state index in [0.717, 1.165) is 41.7 Å². The van der Waals surface area contributed by atoms with E-state index < -0.39 is 0 Å². The van der Waals surface area contributed by atoms with Crippen LogP contribution in [0, 0.1) is 0 Å². The number of carbonyl (C=O) groups excluding carboxylic acids is 1. The standard InChI is InChI=1S/C23H21ClN4O/c1-2-14-6-8-15(9-7-14)21-20-18(4-3-5-19(20)29)25-23-26-22(27-28(21)23)16-10-12-17(24)13-11-16/h6-13,21H,2-5H2,1H3,(H,25,26,27). The molecule has 2 aromatic carbocycles. The highest BCUT2D eigenvalue weighted by Crippen LogP contribution is 2.40. The maximum atomic E-state index is 12.9. The predicted octanol–water partition coefficient (Wildman–Crippen LogP) is 5.18. The number of aryl methyl sites for hydroxylation is 1. The lowest BCUT2D eigenvalue weighted by Gasteiger charge is -2.32. The molecule has 0 radical (unpaired) electrons. The zero-order valence-electron chi connectivity index (χ0n) is 16.2. The Morgan fingerprint density at radius 1 is 1.10 bits per heavy atom. The van der Waals surface area contributed by atoms with Gasteiger partial charge >= 0.3 is 0 Å². The first-order valence-electron chi connectivity index (χ1n) is 9.98. The van der Waals surface area contributed by atoms with Gasteiger partial charge in [-0.2, -0.15) is 4.98 Å².